The predicted octanol–water partition coefficient (Wildman–Crippen LogP) is 3.66. The molecule has 1 atom stereocenters. The molecular formula is C29H31ClN10O3. The first-order valence-electron chi connectivity index (χ1n) is 14.2. The van der Waals surface area contributed by atoms with Crippen LogP contribution >= 0.6 is 11.6 Å². The molecule has 2 aromatic heterocycles. The number of hydrogen-bond donors (Lipinski definition) is 3. The van der Waals surface area contributed by atoms with Crippen LogP contribution in [0.25, 0.3) is 5.69 Å². The number of carbonyl (C=O) groups excluding carboxylic acids is 1. The van der Waals surface area contributed by atoms with E-state index in [0.29, 0.717) is 55.1 Å². The Hall–Kier alpha value is -4.46. The van der Waals surface area contributed by atoms with Crippen molar-refractivity contribution in [3.8, 4) is 5.69 Å². The third-order valence-corrected chi connectivity index (χ3v) is 7.93. The Morgan fingerprint density at radius 2 is 1.47 bits per heavy atom. The Kier molecular flexibility index (Phi) is 7.43. The zero-order valence-electron chi connectivity index (χ0n) is 23.6. The minimum absolute atomic E-state index is 0.297. The van der Waals surface area contributed by atoms with Gasteiger partial charge in [0.1, 0.15) is 5.82 Å². The standard InChI is InChI=1S/C29H31ClN10O3/c1-18-23-24(19-2-4-20(30)5-3-19)32-29(41)33-25(23)40(37-18)22-8-6-21(7-9-22)31-26-34-27(38-10-14-42-15-11-38)36-28(35-26)39-12-16-43-17-13-39/h2-9,24H,10-17H2,1H3,(H2,32,33,41)(H,31,34,35,36). The van der Waals surface area contributed by atoms with Gasteiger partial charge in [-0.3, -0.25) is 5.32 Å². The van der Waals surface area contributed by atoms with Crippen LogP contribution in [0.3, 0.4) is 0 Å². The van der Waals surface area contributed by atoms with Crippen molar-refractivity contribution in [1.82, 2.24) is 30.0 Å². The van der Waals surface area contributed by atoms with Crippen LogP contribution in [-0.4, -0.2) is 83.4 Å². The number of anilines is 5. The van der Waals surface area contributed by atoms with Gasteiger partial charge in [0.2, 0.25) is 17.8 Å². The molecule has 13 nitrogen and oxygen atoms in total. The topological polar surface area (TPSA) is 135 Å². The van der Waals surface area contributed by atoms with Gasteiger partial charge in [-0.15, -0.1) is 0 Å². The highest BCUT2D eigenvalue weighted by atomic mass is 35.5. The summed E-state index contributed by atoms with van der Waals surface area (Å²) < 4.78 is 12.8. The van der Waals surface area contributed by atoms with E-state index >= 15 is 0 Å². The van der Waals surface area contributed by atoms with Crippen LogP contribution in [0.4, 0.5) is 34.1 Å². The number of nitrogens with zero attached hydrogens (tertiary/aromatic N) is 7. The molecule has 0 saturated carbocycles. The maximum atomic E-state index is 12.7. The Bertz CT molecular complexity index is 1580. The van der Waals surface area contributed by atoms with Gasteiger partial charge < -0.3 is 29.9 Å². The zero-order valence-corrected chi connectivity index (χ0v) is 24.3. The molecule has 7 rings (SSSR count). The van der Waals surface area contributed by atoms with Crippen LogP contribution < -0.4 is 25.8 Å². The van der Waals surface area contributed by atoms with Gasteiger partial charge in [0.25, 0.3) is 0 Å². The maximum absolute atomic E-state index is 12.7. The van der Waals surface area contributed by atoms with Gasteiger partial charge in [0.05, 0.1) is 43.9 Å². The molecule has 2 fully saturated rings. The summed E-state index contributed by atoms with van der Waals surface area (Å²) in [5.74, 6) is 2.33. The second-order valence-electron chi connectivity index (χ2n) is 10.5. The number of aryl methyl sites for hydroxylation is 1. The molecule has 14 heteroatoms. The molecule has 3 aliphatic rings. The predicted molar refractivity (Wildman–Crippen MR) is 163 cm³/mol. The summed E-state index contributed by atoms with van der Waals surface area (Å²) in [5, 5.41) is 14.7. The first kappa shape index (κ1) is 27.4. The molecule has 2 aromatic carbocycles. The zero-order chi connectivity index (χ0) is 29.3. The molecule has 2 amide bonds. The number of halogens is 1. The summed E-state index contributed by atoms with van der Waals surface area (Å²) >= 11 is 6.10. The van der Waals surface area contributed by atoms with E-state index in [1.54, 1.807) is 4.68 Å². The van der Waals surface area contributed by atoms with Gasteiger partial charge in [-0.25, -0.2) is 9.48 Å². The number of aromatic nitrogens is 5. The summed E-state index contributed by atoms with van der Waals surface area (Å²) in [6.45, 7) is 7.36. The van der Waals surface area contributed by atoms with Crippen molar-refractivity contribution in [3.63, 3.8) is 0 Å². The van der Waals surface area contributed by atoms with Gasteiger partial charge in [-0.1, -0.05) is 23.7 Å². The number of amides is 2. The van der Waals surface area contributed by atoms with Crippen LogP contribution in [0.5, 0.6) is 0 Å². The van der Waals surface area contributed by atoms with Gasteiger partial charge >= 0.3 is 6.03 Å². The fourth-order valence-corrected chi connectivity index (χ4v) is 5.60. The SMILES string of the molecule is Cc1nn(-c2ccc(Nc3nc(N4CCOCC4)nc(N4CCOCC4)n3)cc2)c2c1C(c1ccc(Cl)cc1)NC(=O)N2. The van der Waals surface area contributed by atoms with E-state index in [9.17, 15) is 4.79 Å². The number of rotatable bonds is 6. The lowest BCUT2D eigenvalue weighted by Crippen LogP contribution is -2.40. The van der Waals surface area contributed by atoms with Crippen LogP contribution in [0, 0.1) is 6.92 Å². The quantitative estimate of drug-likeness (QED) is 0.300. The summed E-state index contributed by atoms with van der Waals surface area (Å²) in [6.07, 6.45) is 0. The summed E-state index contributed by atoms with van der Waals surface area (Å²) in [6, 6.07) is 14.6. The number of fused-ring (bicyclic) bond motifs is 1. The Morgan fingerprint density at radius 3 is 2.07 bits per heavy atom. The highest BCUT2D eigenvalue weighted by Crippen LogP contribution is 2.36. The van der Waals surface area contributed by atoms with Crippen LogP contribution in [-0.2, 0) is 9.47 Å². The fraction of sp³-hybridized carbons (Fsp3) is 0.345. The van der Waals surface area contributed by atoms with E-state index in [1.165, 1.54) is 0 Å². The average molecular weight is 603 g/mol. The van der Waals surface area contributed by atoms with Gasteiger partial charge in [-0.05, 0) is 48.9 Å². The molecule has 0 radical (unpaired) electrons. The minimum Gasteiger partial charge on any atom is -0.378 e. The lowest BCUT2D eigenvalue weighted by Gasteiger charge is -2.30. The van der Waals surface area contributed by atoms with Gasteiger partial charge in [0.15, 0.2) is 0 Å². The van der Waals surface area contributed by atoms with Crippen molar-refractivity contribution >= 4 is 47.0 Å². The normalized spacial score (nSPS) is 18.6. The smallest absolute Gasteiger partial charge is 0.321 e. The molecule has 222 valence electrons. The highest BCUT2D eigenvalue weighted by molar-refractivity contribution is 6.30. The Morgan fingerprint density at radius 1 is 0.860 bits per heavy atom. The number of carbonyl (C=O) groups is 1. The Labute approximate surface area is 253 Å². The molecule has 5 heterocycles. The minimum atomic E-state index is -0.346. The van der Waals surface area contributed by atoms with Crippen LogP contribution in [0.2, 0.25) is 5.02 Å². The largest absolute Gasteiger partial charge is 0.378 e. The molecule has 4 aromatic rings. The molecular weight excluding hydrogens is 572 g/mol. The summed E-state index contributed by atoms with van der Waals surface area (Å²) in [4.78, 5) is 31.2. The molecule has 43 heavy (non-hydrogen) atoms. The van der Waals surface area contributed by atoms with E-state index in [1.807, 2.05) is 55.5 Å². The number of hydrogen-bond acceptors (Lipinski definition) is 10. The van der Waals surface area contributed by atoms with Gasteiger partial charge in [-0.2, -0.15) is 20.1 Å². The number of ether oxygens (including phenoxy) is 2. The number of morpholine rings is 2. The second-order valence-corrected chi connectivity index (χ2v) is 10.9. The van der Waals surface area contributed by atoms with Crippen molar-refractivity contribution in [2.45, 2.75) is 13.0 Å². The van der Waals surface area contributed by atoms with E-state index in [-0.39, 0.29) is 12.1 Å². The number of urea groups is 1. The third kappa shape index (κ3) is 5.66. The second kappa shape index (κ2) is 11.7. The lowest BCUT2D eigenvalue weighted by atomic mass is 9.97. The molecule has 3 aliphatic heterocycles. The number of benzene rings is 2. The van der Waals surface area contributed by atoms with Crippen LogP contribution in [0.1, 0.15) is 22.9 Å². The van der Waals surface area contributed by atoms with Gasteiger partial charge in [0, 0.05) is 42.5 Å². The number of nitrogens with one attached hydrogen (secondary N) is 3. The van der Waals surface area contributed by atoms with Crippen molar-refractivity contribution in [3.05, 3.63) is 70.4 Å². The fourth-order valence-electron chi connectivity index (χ4n) is 5.48. The van der Waals surface area contributed by atoms with E-state index in [2.05, 4.69) is 25.8 Å². The van der Waals surface area contributed by atoms with E-state index in [4.69, 9.17) is 41.1 Å². The molecule has 3 N–H and O–H groups in total. The Balaban J connectivity index is 1.16. The van der Waals surface area contributed by atoms with E-state index < -0.39 is 0 Å². The van der Waals surface area contributed by atoms with Crippen molar-refractivity contribution in [2.75, 3.05) is 73.0 Å². The average Bonchev–Trinajstić information content (AvgIpc) is 3.37. The molecule has 0 bridgehead atoms. The molecule has 0 spiro atoms. The molecule has 1 unspecified atom stereocenters. The summed E-state index contributed by atoms with van der Waals surface area (Å²) in [5.41, 5.74) is 4.23. The summed E-state index contributed by atoms with van der Waals surface area (Å²) in [7, 11) is 0. The van der Waals surface area contributed by atoms with Crippen molar-refractivity contribution in [2.24, 2.45) is 0 Å². The first-order chi connectivity index (χ1) is 21.0. The monoisotopic (exact) mass is 602 g/mol. The third-order valence-electron chi connectivity index (χ3n) is 7.67. The maximum Gasteiger partial charge on any atom is 0.321 e. The van der Waals surface area contributed by atoms with Crippen molar-refractivity contribution < 1.29 is 14.3 Å². The molecule has 0 aliphatic carbocycles. The molecule has 2 saturated heterocycles. The first-order valence-corrected chi connectivity index (χ1v) is 14.6. The van der Waals surface area contributed by atoms with E-state index in [0.717, 1.165) is 54.4 Å². The highest BCUT2D eigenvalue weighted by Gasteiger charge is 2.32. The lowest BCUT2D eigenvalue weighted by molar-refractivity contribution is 0.121. The van der Waals surface area contributed by atoms with Crippen LogP contribution in [0.15, 0.2) is 48.5 Å². The van der Waals surface area contributed by atoms with Crippen molar-refractivity contribution in [1.29, 1.82) is 0 Å².